The molecule has 2 aliphatic rings. The monoisotopic (exact) mass is 446 g/mol. The van der Waals surface area contributed by atoms with Crippen LogP contribution in [0.2, 0.25) is 0 Å². The van der Waals surface area contributed by atoms with Gasteiger partial charge in [-0.3, -0.25) is 10.1 Å². The molecule has 2 atom stereocenters. The molecule has 1 fully saturated rings. The molecule has 0 bridgehead atoms. The summed E-state index contributed by atoms with van der Waals surface area (Å²) in [6, 6.07) is 14.7. The van der Waals surface area contributed by atoms with Crippen molar-refractivity contribution in [2.75, 3.05) is 32.0 Å². The van der Waals surface area contributed by atoms with E-state index in [2.05, 4.69) is 20.3 Å². The minimum absolute atomic E-state index is 0.190. The molecule has 2 heterocycles. The fourth-order valence-corrected chi connectivity index (χ4v) is 4.85. The average Bonchev–Trinajstić information content (AvgIpc) is 3.30. The van der Waals surface area contributed by atoms with Gasteiger partial charge in [0.15, 0.2) is 12.6 Å². The Bertz CT molecular complexity index is 1170. The van der Waals surface area contributed by atoms with E-state index in [0.29, 0.717) is 35.1 Å². The highest BCUT2D eigenvalue weighted by atomic mass is 16.6. The van der Waals surface area contributed by atoms with Gasteiger partial charge in [-0.05, 0) is 11.1 Å². The van der Waals surface area contributed by atoms with Gasteiger partial charge in [-0.2, -0.15) is 0 Å². The number of rotatable bonds is 5. The Balaban J connectivity index is 1.29. The molecule has 9 nitrogen and oxygen atoms in total. The number of carbonyl (C=O) groups excluding carboxylic acids is 2. The Hall–Kier alpha value is -3.69. The molecular weight excluding hydrogens is 422 g/mol. The SMILES string of the molecule is C[N+]1(CC(=O)Nc2ncncn2)CC[C@@H](OC(=O)C2(O)c3ccccc3-c3ccccc32)C1. The van der Waals surface area contributed by atoms with Crippen molar-refractivity contribution in [3.63, 3.8) is 0 Å². The molecule has 1 amide bonds. The van der Waals surface area contributed by atoms with Crippen LogP contribution in [-0.2, 0) is 19.9 Å². The Labute approximate surface area is 190 Å². The van der Waals surface area contributed by atoms with Crippen molar-refractivity contribution in [3.05, 3.63) is 72.3 Å². The fourth-order valence-electron chi connectivity index (χ4n) is 4.85. The zero-order valence-corrected chi connectivity index (χ0v) is 18.1. The first-order valence-corrected chi connectivity index (χ1v) is 10.8. The van der Waals surface area contributed by atoms with Crippen molar-refractivity contribution < 1.29 is 23.9 Å². The molecule has 1 saturated heterocycles. The summed E-state index contributed by atoms with van der Waals surface area (Å²) in [5, 5.41) is 14.3. The van der Waals surface area contributed by atoms with Gasteiger partial charge in [-0.15, -0.1) is 0 Å². The van der Waals surface area contributed by atoms with Crippen molar-refractivity contribution in [3.8, 4) is 11.1 Å². The number of ether oxygens (including phenoxy) is 1. The lowest BCUT2D eigenvalue weighted by atomic mass is 9.91. The molecule has 2 N–H and O–H groups in total. The van der Waals surface area contributed by atoms with E-state index in [9.17, 15) is 14.7 Å². The van der Waals surface area contributed by atoms with E-state index >= 15 is 0 Å². The normalized spacial score (nSPS) is 22.3. The molecule has 5 rings (SSSR count). The first-order chi connectivity index (χ1) is 15.9. The standard InChI is InChI=1S/C24H23N5O4/c1-29(13-21(30)28-23-26-14-25-15-27-23)11-10-16(12-29)33-22(31)24(32)19-8-4-2-6-17(19)18-7-3-5-9-20(18)24/h2-9,14-16,32H,10-13H2,1H3/p+1/t16-,29?/m1/s1. The molecule has 1 aliphatic carbocycles. The number of hydrogen-bond donors (Lipinski definition) is 2. The smallest absolute Gasteiger partial charge is 0.348 e. The number of esters is 1. The van der Waals surface area contributed by atoms with Crippen LogP contribution < -0.4 is 5.32 Å². The third kappa shape index (κ3) is 3.75. The maximum atomic E-state index is 13.3. The average molecular weight is 446 g/mol. The fraction of sp³-hybridized carbons (Fsp3) is 0.292. The summed E-state index contributed by atoms with van der Waals surface area (Å²) in [6.07, 6.45) is 2.82. The Kier molecular flexibility index (Phi) is 5.15. The van der Waals surface area contributed by atoms with E-state index in [1.807, 2.05) is 31.3 Å². The van der Waals surface area contributed by atoms with Gasteiger partial charge in [-0.25, -0.2) is 19.7 Å². The number of nitrogens with one attached hydrogen (secondary N) is 1. The number of fused-ring (bicyclic) bond motifs is 3. The molecule has 1 aliphatic heterocycles. The number of aliphatic hydroxyl groups is 1. The predicted octanol–water partition coefficient (Wildman–Crippen LogP) is 1.49. The summed E-state index contributed by atoms with van der Waals surface area (Å²) < 4.78 is 6.24. The first kappa shape index (κ1) is 21.2. The number of benzene rings is 2. The van der Waals surface area contributed by atoms with Crippen molar-refractivity contribution >= 4 is 17.8 Å². The number of carbonyl (C=O) groups is 2. The molecular formula is C24H24N5O4+. The van der Waals surface area contributed by atoms with E-state index in [1.54, 1.807) is 24.3 Å². The summed E-state index contributed by atoms with van der Waals surface area (Å²) in [5.41, 5.74) is 0.866. The van der Waals surface area contributed by atoms with E-state index in [4.69, 9.17) is 4.74 Å². The Morgan fingerprint density at radius 1 is 1.09 bits per heavy atom. The van der Waals surface area contributed by atoms with Crippen LogP contribution in [0, 0.1) is 0 Å². The van der Waals surface area contributed by atoms with Gasteiger partial charge in [0.2, 0.25) is 11.5 Å². The number of aromatic nitrogens is 3. The van der Waals surface area contributed by atoms with Crippen LogP contribution in [0.15, 0.2) is 61.2 Å². The largest absolute Gasteiger partial charge is 0.453 e. The first-order valence-electron chi connectivity index (χ1n) is 10.8. The second-order valence-corrected chi connectivity index (χ2v) is 8.81. The topological polar surface area (TPSA) is 114 Å². The van der Waals surface area contributed by atoms with Gasteiger partial charge in [0.05, 0.1) is 13.6 Å². The maximum absolute atomic E-state index is 13.3. The third-order valence-corrected chi connectivity index (χ3v) is 6.40. The quantitative estimate of drug-likeness (QED) is 0.451. The van der Waals surface area contributed by atoms with Crippen LogP contribution in [0.5, 0.6) is 0 Å². The maximum Gasteiger partial charge on any atom is 0.348 e. The lowest BCUT2D eigenvalue weighted by molar-refractivity contribution is -0.890. The van der Waals surface area contributed by atoms with Crippen molar-refractivity contribution in [2.24, 2.45) is 0 Å². The second-order valence-electron chi connectivity index (χ2n) is 8.81. The number of quaternary nitrogens is 1. The van der Waals surface area contributed by atoms with E-state index in [1.165, 1.54) is 12.7 Å². The van der Waals surface area contributed by atoms with Crippen LogP contribution in [0.4, 0.5) is 5.95 Å². The highest BCUT2D eigenvalue weighted by Gasteiger charge is 2.51. The van der Waals surface area contributed by atoms with Crippen LogP contribution in [0.1, 0.15) is 17.5 Å². The highest BCUT2D eigenvalue weighted by molar-refractivity contribution is 5.96. The molecule has 3 aromatic rings. The van der Waals surface area contributed by atoms with Crippen molar-refractivity contribution in [1.29, 1.82) is 0 Å². The molecule has 168 valence electrons. The summed E-state index contributed by atoms with van der Waals surface area (Å²) in [6.45, 7) is 1.32. The second kappa shape index (κ2) is 8.02. The summed E-state index contributed by atoms with van der Waals surface area (Å²) in [4.78, 5) is 37.3. The van der Waals surface area contributed by atoms with Gasteiger partial charge in [-0.1, -0.05) is 48.5 Å². The van der Waals surface area contributed by atoms with Crippen molar-refractivity contribution in [2.45, 2.75) is 18.1 Å². The number of amides is 1. The van der Waals surface area contributed by atoms with Gasteiger partial charge in [0.25, 0.3) is 5.91 Å². The Morgan fingerprint density at radius 2 is 1.70 bits per heavy atom. The number of likely N-dealkylation sites (N-methyl/N-ethyl adjacent to an activating group) is 1. The van der Waals surface area contributed by atoms with Crippen molar-refractivity contribution in [1.82, 2.24) is 15.0 Å². The number of anilines is 1. The zero-order valence-electron chi connectivity index (χ0n) is 18.1. The minimum Gasteiger partial charge on any atom is -0.453 e. The molecule has 0 radical (unpaired) electrons. The zero-order chi connectivity index (χ0) is 23.1. The number of nitrogens with zero attached hydrogens (tertiary/aromatic N) is 4. The number of hydrogen-bond acceptors (Lipinski definition) is 7. The van der Waals surface area contributed by atoms with Crippen LogP contribution >= 0.6 is 0 Å². The molecule has 1 unspecified atom stereocenters. The highest BCUT2D eigenvalue weighted by Crippen LogP contribution is 2.48. The van der Waals surface area contributed by atoms with Crippen LogP contribution in [0.3, 0.4) is 0 Å². The molecule has 9 heteroatoms. The van der Waals surface area contributed by atoms with Crippen LogP contribution in [0.25, 0.3) is 11.1 Å². The molecule has 1 aromatic heterocycles. The molecule has 0 saturated carbocycles. The van der Waals surface area contributed by atoms with Gasteiger partial charge >= 0.3 is 5.97 Å². The van der Waals surface area contributed by atoms with Crippen LogP contribution in [-0.4, -0.2) is 69.2 Å². The van der Waals surface area contributed by atoms with E-state index in [-0.39, 0.29) is 18.4 Å². The predicted molar refractivity (Wildman–Crippen MR) is 119 cm³/mol. The van der Waals surface area contributed by atoms with Gasteiger partial charge < -0.3 is 14.3 Å². The lowest BCUT2D eigenvalue weighted by Crippen LogP contribution is -2.48. The van der Waals surface area contributed by atoms with E-state index in [0.717, 1.165) is 11.1 Å². The van der Waals surface area contributed by atoms with E-state index < -0.39 is 17.7 Å². The molecule has 2 aromatic carbocycles. The third-order valence-electron chi connectivity index (χ3n) is 6.40. The summed E-state index contributed by atoms with van der Waals surface area (Å²) in [5.74, 6) is -0.717. The lowest BCUT2D eigenvalue weighted by Gasteiger charge is -2.29. The van der Waals surface area contributed by atoms with Gasteiger partial charge in [0, 0.05) is 17.5 Å². The summed E-state index contributed by atoms with van der Waals surface area (Å²) in [7, 11) is 1.94. The molecule has 0 spiro atoms. The molecule has 33 heavy (non-hydrogen) atoms. The minimum atomic E-state index is -1.85. The Morgan fingerprint density at radius 3 is 2.33 bits per heavy atom. The summed E-state index contributed by atoms with van der Waals surface area (Å²) >= 11 is 0. The van der Waals surface area contributed by atoms with Gasteiger partial charge in [0.1, 0.15) is 19.2 Å². The number of likely N-dealkylation sites (tertiary alicyclic amines) is 1.